The molecule has 1 saturated heterocycles. The summed E-state index contributed by atoms with van der Waals surface area (Å²) in [7, 11) is 1.52. The van der Waals surface area contributed by atoms with E-state index < -0.39 is 10.0 Å². The van der Waals surface area contributed by atoms with Gasteiger partial charge < -0.3 is 15.1 Å². The standard InChI is InChI=1S/C23H32N4O3S/c1-16-23(28)26(4)21-14-11-18(15-22(21)27(16)19-7-5-6-8-19)24-17-9-12-20(13-10-17)31(29,30)25(2)3/h9-13,15-16,19,21,24H,5-8,14H2,1-4H3/t16-,21?/m1/s1. The van der Waals surface area contributed by atoms with Crippen molar-refractivity contribution < 1.29 is 13.2 Å². The summed E-state index contributed by atoms with van der Waals surface area (Å²) < 4.78 is 25.8. The number of hydrogen-bond acceptors (Lipinski definition) is 5. The first-order valence-electron chi connectivity index (χ1n) is 11.0. The van der Waals surface area contributed by atoms with Gasteiger partial charge in [0, 0.05) is 44.3 Å². The van der Waals surface area contributed by atoms with E-state index in [1.54, 1.807) is 24.3 Å². The molecule has 2 atom stereocenters. The predicted octanol–water partition coefficient (Wildman–Crippen LogP) is 2.99. The lowest BCUT2D eigenvalue weighted by molar-refractivity contribution is -0.141. The summed E-state index contributed by atoms with van der Waals surface area (Å²) in [6, 6.07) is 7.17. The Bertz CT molecular complexity index is 1010. The molecule has 1 N–H and O–H groups in total. The van der Waals surface area contributed by atoms with E-state index in [1.807, 2.05) is 18.9 Å². The summed E-state index contributed by atoms with van der Waals surface area (Å²) in [5, 5.41) is 3.42. The van der Waals surface area contributed by atoms with Gasteiger partial charge in [-0.05, 0) is 56.5 Å². The first-order chi connectivity index (χ1) is 14.7. The van der Waals surface area contributed by atoms with Gasteiger partial charge in [-0.15, -0.1) is 0 Å². The average Bonchev–Trinajstić information content (AvgIpc) is 3.27. The molecule has 2 fully saturated rings. The third-order valence-corrected chi connectivity index (χ3v) is 8.56. The molecule has 1 heterocycles. The molecule has 1 aliphatic heterocycles. The third-order valence-electron chi connectivity index (χ3n) is 6.73. The molecular weight excluding hydrogens is 412 g/mol. The molecule has 0 bridgehead atoms. The van der Waals surface area contributed by atoms with Crippen LogP contribution in [0.3, 0.4) is 0 Å². The molecule has 0 radical (unpaired) electrons. The third kappa shape index (κ3) is 3.99. The number of allylic oxidation sites excluding steroid dienone is 1. The Labute approximate surface area is 185 Å². The number of rotatable bonds is 5. The fourth-order valence-electron chi connectivity index (χ4n) is 4.95. The number of carbonyl (C=O) groups excluding carboxylic acids is 1. The highest BCUT2D eigenvalue weighted by Crippen LogP contribution is 2.37. The second kappa shape index (κ2) is 8.31. The zero-order valence-corrected chi connectivity index (χ0v) is 19.5. The van der Waals surface area contributed by atoms with Crippen molar-refractivity contribution in [3.05, 3.63) is 47.8 Å². The number of likely N-dealkylation sites (N-methyl/N-ethyl adjacent to an activating group) is 1. The summed E-state index contributed by atoms with van der Waals surface area (Å²) in [5.41, 5.74) is 3.02. The van der Waals surface area contributed by atoms with Crippen LogP contribution in [0.1, 0.15) is 39.0 Å². The minimum Gasteiger partial charge on any atom is -0.358 e. The Morgan fingerprint density at radius 2 is 1.74 bits per heavy atom. The van der Waals surface area contributed by atoms with Crippen molar-refractivity contribution in [3.63, 3.8) is 0 Å². The number of benzene rings is 1. The van der Waals surface area contributed by atoms with E-state index in [4.69, 9.17) is 0 Å². The quantitative estimate of drug-likeness (QED) is 0.756. The summed E-state index contributed by atoms with van der Waals surface area (Å²) in [6.45, 7) is 2.02. The molecule has 4 rings (SSSR count). The van der Waals surface area contributed by atoms with Crippen LogP contribution in [-0.4, -0.2) is 67.7 Å². The van der Waals surface area contributed by atoms with Gasteiger partial charge >= 0.3 is 0 Å². The van der Waals surface area contributed by atoms with Crippen LogP contribution in [0.2, 0.25) is 0 Å². The van der Waals surface area contributed by atoms with Crippen molar-refractivity contribution in [2.24, 2.45) is 0 Å². The monoisotopic (exact) mass is 444 g/mol. The van der Waals surface area contributed by atoms with E-state index in [2.05, 4.69) is 22.4 Å². The van der Waals surface area contributed by atoms with Gasteiger partial charge in [0.15, 0.2) is 0 Å². The molecule has 2 aliphatic carbocycles. The van der Waals surface area contributed by atoms with Crippen molar-refractivity contribution >= 4 is 21.6 Å². The zero-order chi connectivity index (χ0) is 22.3. The van der Waals surface area contributed by atoms with Crippen molar-refractivity contribution in [2.45, 2.75) is 62.0 Å². The van der Waals surface area contributed by atoms with E-state index >= 15 is 0 Å². The maximum atomic E-state index is 12.8. The smallest absolute Gasteiger partial charge is 0.245 e. The summed E-state index contributed by atoms with van der Waals surface area (Å²) >= 11 is 0. The number of anilines is 1. The maximum absolute atomic E-state index is 12.8. The number of nitrogens with zero attached hydrogens (tertiary/aromatic N) is 3. The van der Waals surface area contributed by atoms with Crippen molar-refractivity contribution in [1.29, 1.82) is 0 Å². The Balaban J connectivity index is 1.58. The highest BCUT2D eigenvalue weighted by molar-refractivity contribution is 7.89. The Morgan fingerprint density at radius 3 is 2.35 bits per heavy atom. The van der Waals surface area contributed by atoms with E-state index in [0.717, 1.165) is 30.6 Å². The molecule has 0 aromatic heterocycles. The van der Waals surface area contributed by atoms with Gasteiger partial charge in [-0.2, -0.15) is 0 Å². The van der Waals surface area contributed by atoms with Crippen LogP contribution in [-0.2, 0) is 14.8 Å². The Hall–Kier alpha value is -2.32. The summed E-state index contributed by atoms with van der Waals surface area (Å²) in [5.74, 6) is 0.191. The van der Waals surface area contributed by atoms with E-state index in [1.165, 1.54) is 36.9 Å². The van der Waals surface area contributed by atoms with Gasteiger partial charge in [0.25, 0.3) is 0 Å². The van der Waals surface area contributed by atoms with Crippen molar-refractivity contribution in [2.75, 3.05) is 26.5 Å². The molecule has 1 unspecified atom stereocenters. The van der Waals surface area contributed by atoms with Gasteiger partial charge in [-0.3, -0.25) is 4.79 Å². The maximum Gasteiger partial charge on any atom is 0.245 e. The molecule has 1 aromatic carbocycles. The molecule has 1 saturated carbocycles. The van der Waals surface area contributed by atoms with Gasteiger partial charge in [-0.25, -0.2) is 12.7 Å². The lowest BCUT2D eigenvalue weighted by Crippen LogP contribution is -2.60. The summed E-state index contributed by atoms with van der Waals surface area (Å²) in [6.07, 6.45) is 9.76. The molecule has 8 heteroatoms. The van der Waals surface area contributed by atoms with Crippen molar-refractivity contribution in [1.82, 2.24) is 14.1 Å². The number of hydrogen-bond donors (Lipinski definition) is 1. The number of fused-ring (bicyclic) bond motifs is 1. The molecule has 1 amide bonds. The highest BCUT2D eigenvalue weighted by atomic mass is 32.2. The van der Waals surface area contributed by atoms with Crippen LogP contribution in [0.4, 0.5) is 5.69 Å². The molecule has 7 nitrogen and oxygen atoms in total. The second-order valence-electron chi connectivity index (χ2n) is 8.89. The van der Waals surface area contributed by atoms with Gasteiger partial charge in [0.05, 0.1) is 10.9 Å². The minimum absolute atomic E-state index is 0.0717. The molecular formula is C23H32N4O3S. The largest absolute Gasteiger partial charge is 0.358 e. The van der Waals surface area contributed by atoms with E-state index in [0.29, 0.717) is 6.04 Å². The predicted molar refractivity (Wildman–Crippen MR) is 122 cm³/mol. The Kier molecular flexibility index (Phi) is 5.87. The number of amides is 1. The van der Waals surface area contributed by atoms with Crippen LogP contribution in [0.25, 0.3) is 0 Å². The topological polar surface area (TPSA) is 73.0 Å². The first-order valence-corrected chi connectivity index (χ1v) is 12.4. The molecule has 0 spiro atoms. The van der Waals surface area contributed by atoms with Crippen LogP contribution >= 0.6 is 0 Å². The SMILES string of the molecule is C[C@@H]1C(=O)N(C)C2CC=C(Nc3ccc(S(=O)(=O)N(C)C)cc3)C=C2N1C1CCCC1. The van der Waals surface area contributed by atoms with Crippen LogP contribution in [0.5, 0.6) is 0 Å². The fourth-order valence-corrected chi connectivity index (χ4v) is 5.85. The van der Waals surface area contributed by atoms with Gasteiger partial charge in [-0.1, -0.05) is 18.9 Å². The average molecular weight is 445 g/mol. The van der Waals surface area contributed by atoms with Gasteiger partial charge in [0.2, 0.25) is 15.9 Å². The first kappa shape index (κ1) is 21.9. The number of piperazine rings is 1. The van der Waals surface area contributed by atoms with Crippen LogP contribution in [0, 0.1) is 0 Å². The molecule has 31 heavy (non-hydrogen) atoms. The minimum atomic E-state index is -3.44. The lowest BCUT2D eigenvalue weighted by atomic mass is 9.93. The zero-order valence-electron chi connectivity index (χ0n) is 18.7. The fraction of sp³-hybridized carbons (Fsp3) is 0.522. The highest BCUT2D eigenvalue weighted by Gasteiger charge is 2.43. The van der Waals surface area contributed by atoms with E-state index in [-0.39, 0.29) is 22.9 Å². The lowest BCUT2D eigenvalue weighted by Gasteiger charge is -2.49. The Morgan fingerprint density at radius 1 is 1.10 bits per heavy atom. The van der Waals surface area contributed by atoms with Crippen molar-refractivity contribution in [3.8, 4) is 0 Å². The number of sulfonamides is 1. The van der Waals surface area contributed by atoms with Gasteiger partial charge in [0.1, 0.15) is 6.04 Å². The number of nitrogens with one attached hydrogen (secondary N) is 1. The molecule has 3 aliphatic rings. The molecule has 1 aromatic rings. The molecule has 168 valence electrons. The summed E-state index contributed by atoms with van der Waals surface area (Å²) in [4.78, 5) is 17.4. The number of carbonyl (C=O) groups is 1. The normalized spacial score (nSPS) is 24.9. The van der Waals surface area contributed by atoms with E-state index in [9.17, 15) is 13.2 Å². The van der Waals surface area contributed by atoms with Crippen LogP contribution in [0.15, 0.2) is 52.7 Å². The second-order valence-corrected chi connectivity index (χ2v) is 11.0. The van der Waals surface area contributed by atoms with Crippen LogP contribution < -0.4 is 5.32 Å².